The molecule has 0 radical (unpaired) electrons. The number of benzene rings is 1. The van der Waals surface area contributed by atoms with Crippen LogP contribution in [0.5, 0.6) is 0 Å². The van der Waals surface area contributed by atoms with Gasteiger partial charge in [0.1, 0.15) is 0 Å². The molecule has 0 N–H and O–H groups in total. The summed E-state index contributed by atoms with van der Waals surface area (Å²) in [6.07, 6.45) is 1.09. The molecule has 0 saturated carbocycles. The zero-order valence-corrected chi connectivity index (χ0v) is 11.4. The predicted octanol–water partition coefficient (Wildman–Crippen LogP) is 3.41. The molecule has 4 heteroatoms. The molecule has 1 fully saturated rings. The molecule has 0 unspecified atom stereocenters. The second kappa shape index (κ2) is 5.89. The van der Waals surface area contributed by atoms with Crippen molar-refractivity contribution in [2.75, 3.05) is 31.2 Å². The fourth-order valence-corrected chi connectivity index (χ4v) is 2.72. The first-order valence-electron chi connectivity index (χ1n) is 5.48. The van der Waals surface area contributed by atoms with Crippen LogP contribution in [0.4, 0.5) is 5.69 Å². The van der Waals surface area contributed by atoms with Crippen molar-refractivity contribution in [1.82, 2.24) is 0 Å². The van der Waals surface area contributed by atoms with E-state index in [1.165, 1.54) is 5.69 Å². The van der Waals surface area contributed by atoms with Gasteiger partial charge in [0.2, 0.25) is 0 Å². The summed E-state index contributed by atoms with van der Waals surface area (Å²) >= 11 is 9.42. The molecule has 1 aliphatic rings. The van der Waals surface area contributed by atoms with E-state index in [0.717, 1.165) is 42.8 Å². The Hall–Kier alpha value is -0.250. The van der Waals surface area contributed by atoms with Crippen molar-refractivity contribution >= 4 is 33.2 Å². The average molecular weight is 305 g/mol. The van der Waals surface area contributed by atoms with Crippen molar-refractivity contribution < 1.29 is 4.74 Å². The fraction of sp³-hybridized carbons (Fsp3) is 0.500. The van der Waals surface area contributed by atoms with Crippen LogP contribution in [0, 0.1) is 0 Å². The SMILES string of the molecule is ClCc1ccc(N2CCCOCC2)c(Br)c1. The molecule has 0 bridgehead atoms. The van der Waals surface area contributed by atoms with Crippen molar-refractivity contribution in [3.63, 3.8) is 0 Å². The summed E-state index contributed by atoms with van der Waals surface area (Å²) in [6, 6.07) is 6.31. The third-order valence-electron chi connectivity index (χ3n) is 2.73. The maximum Gasteiger partial charge on any atom is 0.0641 e. The molecule has 2 rings (SSSR count). The van der Waals surface area contributed by atoms with Crippen molar-refractivity contribution in [3.05, 3.63) is 28.2 Å². The van der Waals surface area contributed by atoms with Gasteiger partial charge in [0.15, 0.2) is 0 Å². The first-order chi connectivity index (χ1) is 7.81. The Balaban J connectivity index is 2.18. The molecule has 88 valence electrons. The normalized spacial score (nSPS) is 17.2. The van der Waals surface area contributed by atoms with E-state index in [0.29, 0.717) is 5.88 Å². The Labute approximate surface area is 110 Å². The Morgan fingerprint density at radius 1 is 1.31 bits per heavy atom. The zero-order chi connectivity index (χ0) is 11.4. The molecule has 0 atom stereocenters. The van der Waals surface area contributed by atoms with Crippen molar-refractivity contribution in [2.24, 2.45) is 0 Å². The van der Waals surface area contributed by atoms with Crippen molar-refractivity contribution in [2.45, 2.75) is 12.3 Å². The standard InChI is InChI=1S/C12H15BrClNO/c13-11-8-10(9-14)2-3-12(11)15-4-1-6-16-7-5-15/h2-3,8H,1,4-7,9H2. The lowest BCUT2D eigenvalue weighted by atomic mass is 10.2. The van der Waals surface area contributed by atoms with Gasteiger partial charge in [0, 0.05) is 30.0 Å². The molecule has 1 heterocycles. The summed E-state index contributed by atoms with van der Waals surface area (Å²) < 4.78 is 6.57. The van der Waals surface area contributed by atoms with Gasteiger partial charge in [-0.3, -0.25) is 0 Å². The van der Waals surface area contributed by atoms with Gasteiger partial charge >= 0.3 is 0 Å². The van der Waals surface area contributed by atoms with E-state index in [4.69, 9.17) is 16.3 Å². The lowest BCUT2D eigenvalue weighted by molar-refractivity contribution is 0.152. The van der Waals surface area contributed by atoms with Gasteiger partial charge in [0.05, 0.1) is 12.3 Å². The van der Waals surface area contributed by atoms with Crippen LogP contribution in [0.2, 0.25) is 0 Å². The van der Waals surface area contributed by atoms with Crippen LogP contribution in [0.15, 0.2) is 22.7 Å². The van der Waals surface area contributed by atoms with Gasteiger partial charge in [-0.1, -0.05) is 6.07 Å². The molecule has 1 aromatic carbocycles. The van der Waals surface area contributed by atoms with Gasteiger partial charge in [-0.05, 0) is 40.0 Å². The molecule has 0 aromatic heterocycles. The molecule has 0 spiro atoms. The van der Waals surface area contributed by atoms with E-state index >= 15 is 0 Å². The van der Waals surface area contributed by atoms with Gasteiger partial charge in [-0.15, -0.1) is 11.6 Å². The van der Waals surface area contributed by atoms with Gasteiger partial charge in [0.25, 0.3) is 0 Å². The van der Waals surface area contributed by atoms with Crippen molar-refractivity contribution in [1.29, 1.82) is 0 Å². The Bertz CT molecular complexity index is 351. The largest absolute Gasteiger partial charge is 0.380 e. The monoisotopic (exact) mass is 303 g/mol. The summed E-state index contributed by atoms with van der Waals surface area (Å²) in [5, 5.41) is 0. The van der Waals surface area contributed by atoms with E-state index in [9.17, 15) is 0 Å². The molecule has 16 heavy (non-hydrogen) atoms. The molecule has 1 aromatic rings. The van der Waals surface area contributed by atoms with E-state index in [1.807, 2.05) is 0 Å². The fourth-order valence-electron chi connectivity index (χ4n) is 1.88. The summed E-state index contributed by atoms with van der Waals surface area (Å²) in [4.78, 5) is 2.36. The van der Waals surface area contributed by atoms with E-state index in [2.05, 4.69) is 39.0 Å². The zero-order valence-electron chi connectivity index (χ0n) is 9.09. The highest BCUT2D eigenvalue weighted by Gasteiger charge is 2.12. The van der Waals surface area contributed by atoms with Crippen LogP contribution in [-0.4, -0.2) is 26.3 Å². The molecule has 1 aliphatic heterocycles. The van der Waals surface area contributed by atoms with Crippen LogP contribution < -0.4 is 4.90 Å². The Morgan fingerprint density at radius 3 is 2.94 bits per heavy atom. The first-order valence-corrected chi connectivity index (χ1v) is 6.81. The van der Waals surface area contributed by atoms with E-state index in [-0.39, 0.29) is 0 Å². The maximum absolute atomic E-state index is 5.81. The smallest absolute Gasteiger partial charge is 0.0641 e. The number of hydrogen-bond donors (Lipinski definition) is 0. The summed E-state index contributed by atoms with van der Waals surface area (Å²) in [5.74, 6) is 0.558. The molecule has 2 nitrogen and oxygen atoms in total. The number of nitrogens with zero attached hydrogens (tertiary/aromatic N) is 1. The molecular weight excluding hydrogens is 289 g/mol. The van der Waals surface area contributed by atoms with Crippen LogP contribution in [0.3, 0.4) is 0 Å². The minimum atomic E-state index is 0.558. The Morgan fingerprint density at radius 2 is 2.19 bits per heavy atom. The number of hydrogen-bond acceptors (Lipinski definition) is 2. The maximum atomic E-state index is 5.81. The topological polar surface area (TPSA) is 12.5 Å². The number of anilines is 1. The molecule has 0 amide bonds. The van der Waals surface area contributed by atoms with Gasteiger partial charge in [-0.25, -0.2) is 0 Å². The van der Waals surface area contributed by atoms with Crippen LogP contribution in [0.25, 0.3) is 0 Å². The third-order valence-corrected chi connectivity index (χ3v) is 3.67. The lowest BCUT2D eigenvalue weighted by Gasteiger charge is -2.23. The summed E-state index contributed by atoms with van der Waals surface area (Å²) in [7, 11) is 0. The number of halogens is 2. The minimum absolute atomic E-state index is 0.558. The average Bonchev–Trinajstić information content (AvgIpc) is 2.57. The second-order valence-corrected chi connectivity index (χ2v) is 4.99. The van der Waals surface area contributed by atoms with Crippen molar-refractivity contribution in [3.8, 4) is 0 Å². The van der Waals surface area contributed by atoms with Crippen LogP contribution in [-0.2, 0) is 10.6 Å². The highest BCUT2D eigenvalue weighted by atomic mass is 79.9. The lowest BCUT2D eigenvalue weighted by Crippen LogP contribution is -2.26. The second-order valence-electron chi connectivity index (χ2n) is 3.87. The Kier molecular flexibility index (Phi) is 4.50. The quantitative estimate of drug-likeness (QED) is 0.776. The number of rotatable bonds is 2. The molecular formula is C12H15BrClNO. The summed E-state index contributed by atoms with van der Waals surface area (Å²) in [6.45, 7) is 3.69. The highest BCUT2D eigenvalue weighted by Crippen LogP contribution is 2.28. The third kappa shape index (κ3) is 2.90. The summed E-state index contributed by atoms with van der Waals surface area (Å²) in [5.41, 5.74) is 2.38. The van der Waals surface area contributed by atoms with Gasteiger partial charge < -0.3 is 9.64 Å². The van der Waals surface area contributed by atoms with Crippen LogP contribution >= 0.6 is 27.5 Å². The predicted molar refractivity (Wildman–Crippen MR) is 71.3 cm³/mol. The van der Waals surface area contributed by atoms with Gasteiger partial charge in [-0.2, -0.15) is 0 Å². The minimum Gasteiger partial charge on any atom is -0.380 e. The molecule has 1 saturated heterocycles. The number of alkyl halides is 1. The highest BCUT2D eigenvalue weighted by molar-refractivity contribution is 9.10. The molecule has 0 aliphatic carbocycles. The van der Waals surface area contributed by atoms with E-state index < -0.39 is 0 Å². The first kappa shape index (κ1) is 12.2. The number of ether oxygens (including phenoxy) is 1. The van der Waals surface area contributed by atoms with Crippen LogP contribution in [0.1, 0.15) is 12.0 Å². The van der Waals surface area contributed by atoms with E-state index in [1.54, 1.807) is 0 Å².